The first-order valence-corrected chi connectivity index (χ1v) is 18.1. The largest absolute Gasteiger partial charge is 0.477 e. The standard InChI is InChI=1S/C25H28N4.C21H14N4.Ir/c1-24(2,3)18-7-11-20(12-8-18)28-17-29(23-22(28)26-15-16-27-23)21-13-9-19(10-14-21)25(4,5)6;1-3-9-16(10-4-1)24-15-25(17-11-5-2-6-12-17)21-20(24)22-18-13-7-8-14-19(18)23-21;/h7-13,15-17H,1-6H3;1-11,13-15H;/q2*-2;. The van der Waals surface area contributed by atoms with Crippen molar-refractivity contribution in [2.75, 3.05) is 19.6 Å². The summed E-state index contributed by atoms with van der Waals surface area (Å²) in [5.41, 5.74) is 8.56. The maximum atomic E-state index is 4.87. The fraction of sp³-hybridized carbons (Fsp3) is 0.174. The molecule has 9 rings (SSSR count). The smallest absolute Gasteiger partial charge is 0.146 e. The van der Waals surface area contributed by atoms with Gasteiger partial charge in [-0.25, -0.2) is 19.9 Å². The van der Waals surface area contributed by atoms with Gasteiger partial charge in [0.2, 0.25) is 0 Å². The molecule has 8 nitrogen and oxygen atoms in total. The Balaban J connectivity index is 0.000000168. The Hall–Kier alpha value is -5.63. The molecule has 0 saturated carbocycles. The van der Waals surface area contributed by atoms with Crippen molar-refractivity contribution >= 4 is 57.1 Å². The summed E-state index contributed by atoms with van der Waals surface area (Å²) in [4.78, 5) is 27.1. The van der Waals surface area contributed by atoms with E-state index in [1.807, 2.05) is 89.9 Å². The molecule has 0 saturated heterocycles. The van der Waals surface area contributed by atoms with Gasteiger partial charge in [0.15, 0.2) is 0 Å². The van der Waals surface area contributed by atoms with Crippen LogP contribution >= 0.6 is 0 Å². The first kappa shape index (κ1) is 37.7. The molecule has 2 aromatic heterocycles. The molecule has 0 fully saturated rings. The predicted octanol–water partition coefficient (Wildman–Crippen LogP) is 11.1. The number of rotatable bonds is 4. The molecular weight excluding hydrogens is 857 g/mol. The van der Waals surface area contributed by atoms with E-state index < -0.39 is 0 Å². The van der Waals surface area contributed by atoms with Crippen LogP contribution in [0.4, 0.5) is 46.0 Å². The van der Waals surface area contributed by atoms with E-state index in [4.69, 9.17) is 9.97 Å². The number of aromatic nitrogens is 4. The molecule has 55 heavy (non-hydrogen) atoms. The fourth-order valence-corrected chi connectivity index (χ4v) is 6.43. The van der Waals surface area contributed by atoms with Gasteiger partial charge in [0.25, 0.3) is 0 Å². The minimum atomic E-state index is 0. The van der Waals surface area contributed by atoms with Gasteiger partial charge >= 0.3 is 0 Å². The molecule has 0 amide bonds. The Bertz CT molecular complexity index is 2210. The van der Waals surface area contributed by atoms with Crippen LogP contribution in [0.2, 0.25) is 0 Å². The molecule has 0 unspecified atom stereocenters. The second-order valence-corrected chi connectivity index (χ2v) is 15.4. The monoisotopic (exact) mass is 899 g/mol. The molecule has 2 aliphatic rings. The number of fused-ring (bicyclic) bond motifs is 3. The van der Waals surface area contributed by atoms with Crippen LogP contribution in [0.5, 0.6) is 0 Å². The Kier molecular flexibility index (Phi) is 10.4. The first-order valence-electron chi connectivity index (χ1n) is 18.1. The van der Waals surface area contributed by atoms with Crippen molar-refractivity contribution in [3.8, 4) is 0 Å². The van der Waals surface area contributed by atoms with Crippen molar-refractivity contribution in [1.82, 2.24) is 19.9 Å². The number of para-hydroxylation sites is 4. The molecule has 0 bridgehead atoms. The maximum Gasteiger partial charge on any atom is 0.146 e. The summed E-state index contributed by atoms with van der Waals surface area (Å²) in [7, 11) is 0. The molecular formula is C46H42IrN8-4. The van der Waals surface area contributed by atoms with Gasteiger partial charge in [0.1, 0.15) is 23.3 Å². The van der Waals surface area contributed by atoms with Crippen molar-refractivity contribution in [1.29, 1.82) is 0 Å². The zero-order chi connectivity index (χ0) is 37.5. The molecule has 9 heteroatoms. The average molecular weight is 899 g/mol. The van der Waals surface area contributed by atoms with E-state index in [9.17, 15) is 0 Å². The number of benzene rings is 5. The van der Waals surface area contributed by atoms with Crippen LogP contribution in [0.15, 0.2) is 134 Å². The van der Waals surface area contributed by atoms with Gasteiger partial charge in [-0.15, -0.1) is 30.8 Å². The minimum Gasteiger partial charge on any atom is -0.477 e. The van der Waals surface area contributed by atoms with Gasteiger partial charge in [0, 0.05) is 43.9 Å². The van der Waals surface area contributed by atoms with Crippen LogP contribution in [-0.2, 0) is 30.9 Å². The molecule has 0 atom stereocenters. The molecule has 279 valence electrons. The zero-order valence-electron chi connectivity index (χ0n) is 31.8. The molecule has 0 spiro atoms. The van der Waals surface area contributed by atoms with Crippen LogP contribution in [-0.4, -0.2) is 19.9 Å². The third-order valence-corrected chi connectivity index (χ3v) is 9.49. The molecule has 2 aliphatic heterocycles. The quantitative estimate of drug-likeness (QED) is 0.162. The SMILES string of the molecule is CC(C)(C)c1c[c-]c(N2[CH-]N(c3ccc(C(C)(C)C)cc3)c3nccnc32)cc1.[Ir].[c-]1ccccc1N1[CH-]N(c2ccccc2)c2nc3ccccc3nc21. The van der Waals surface area contributed by atoms with Crippen molar-refractivity contribution in [2.45, 2.75) is 52.4 Å². The van der Waals surface area contributed by atoms with Crippen molar-refractivity contribution < 1.29 is 20.1 Å². The topological polar surface area (TPSA) is 64.5 Å². The average Bonchev–Trinajstić information content (AvgIpc) is 3.76. The van der Waals surface area contributed by atoms with Crippen LogP contribution in [0, 0.1) is 25.5 Å². The predicted molar refractivity (Wildman–Crippen MR) is 220 cm³/mol. The molecule has 5 aromatic carbocycles. The Morgan fingerprint density at radius 2 is 0.964 bits per heavy atom. The number of hydrogen-bond donors (Lipinski definition) is 0. The summed E-state index contributed by atoms with van der Waals surface area (Å²) in [6.07, 6.45) is 3.47. The van der Waals surface area contributed by atoms with E-state index in [1.54, 1.807) is 12.4 Å². The van der Waals surface area contributed by atoms with Crippen molar-refractivity contribution in [3.05, 3.63) is 170 Å². The van der Waals surface area contributed by atoms with Crippen LogP contribution in [0.3, 0.4) is 0 Å². The number of hydrogen-bond acceptors (Lipinski definition) is 8. The van der Waals surface area contributed by atoms with Crippen molar-refractivity contribution in [3.63, 3.8) is 0 Å². The third-order valence-electron chi connectivity index (χ3n) is 9.49. The normalized spacial score (nSPS) is 13.6. The van der Waals surface area contributed by atoms with Gasteiger partial charge in [-0.3, -0.25) is 0 Å². The zero-order valence-corrected chi connectivity index (χ0v) is 34.2. The summed E-state index contributed by atoms with van der Waals surface area (Å²) in [6, 6.07) is 47.7. The van der Waals surface area contributed by atoms with E-state index in [0.29, 0.717) is 0 Å². The van der Waals surface area contributed by atoms with Crippen LogP contribution < -0.4 is 19.6 Å². The molecule has 4 heterocycles. The Morgan fingerprint density at radius 3 is 1.53 bits per heavy atom. The molecule has 7 aromatic rings. The second kappa shape index (κ2) is 15.2. The fourth-order valence-electron chi connectivity index (χ4n) is 6.43. The summed E-state index contributed by atoms with van der Waals surface area (Å²) in [6.45, 7) is 17.4. The van der Waals surface area contributed by atoms with Gasteiger partial charge in [-0.1, -0.05) is 89.4 Å². The maximum absolute atomic E-state index is 4.87. The van der Waals surface area contributed by atoms with E-state index in [2.05, 4.69) is 128 Å². The third kappa shape index (κ3) is 7.68. The van der Waals surface area contributed by atoms with E-state index in [1.165, 1.54) is 11.1 Å². The van der Waals surface area contributed by atoms with Gasteiger partial charge in [0.05, 0.1) is 11.0 Å². The summed E-state index contributed by atoms with van der Waals surface area (Å²) >= 11 is 0. The Morgan fingerprint density at radius 1 is 0.473 bits per heavy atom. The second-order valence-electron chi connectivity index (χ2n) is 15.4. The molecule has 0 N–H and O–H groups in total. The minimum absolute atomic E-state index is 0. The molecule has 0 aliphatic carbocycles. The van der Waals surface area contributed by atoms with Crippen molar-refractivity contribution in [2.24, 2.45) is 0 Å². The Labute approximate surface area is 337 Å². The van der Waals surface area contributed by atoms with Crippen LogP contribution in [0.25, 0.3) is 11.0 Å². The van der Waals surface area contributed by atoms with E-state index in [-0.39, 0.29) is 30.9 Å². The number of nitrogens with zero attached hydrogens (tertiary/aromatic N) is 8. The summed E-state index contributed by atoms with van der Waals surface area (Å²) < 4.78 is 0. The summed E-state index contributed by atoms with van der Waals surface area (Å²) in [5, 5.41) is 0. The van der Waals surface area contributed by atoms with E-state index >= 15 is 0 Å². The molecule has 1 radical (unpaired) electrons. The van der Waals surface area contributed by atoms with E-state index in [0.717, 1.165) is 57.1 Å². The van der Waals surface area contributed by atoms with Gasteiger partial charge < -0.3 is 19.6 Å². The number of anilines is 8. The first-order chi connectivity index (χ1) is 26.0. The van der Waals surface area contributed by atoms with Gasteiger partial charge in [-0.2, -0.15) is 54.1 Å². The van der Waals surface area contributed by atoms with Gasteiger partial charge in [-0.05, 0) is 47.4 Å². The van der Waals surface area contributed by atoms with Crippen LogP contribution in [0.1, 0.15) is 52.7 Å². The summed E-state index contributed by atoms with van der Waals surface area (Å²) in [5.74, 6) is 3.27.